The van der Waals surface area contributed by atoms with Gasteiger partial charge in [0, 0.05) is 29.3 Å². The van der Waals surface area contributed by atoms with Gasteiger partial charge >= 0.3 is 0 Å². The van der Waals surface area contributed by atoms with Gasteiger partial charge in [0.2, 0.25) is 5.79 Å². The lowest BCUT2D eigenvalue weighted by atomic mass is 9.58. The summed E-state index contributed by atoms with van der Waals surface area (Å²) in [6, 6.07) is 10.4. The van der Waals surface area contributed by atoms with Crippen LogP contribution in [0.4, 0.5) is 15.9 Å². The van der Waals surface area contributed by atoms with Gasteiger partial charge in [-0.25, -0.2) is 24.1 Å². The van der Waals surface area contributed by atoms with Gasteiger partial charge in [-0.05, 0) is 73.9 Å². The molecule has 4 aliphatic heterocycles. The zero-order chi connectivity index (χ0) is 27.6. The summed E-state index contributed by atoms with van der Waals surface area (Å²) >= 11 is 5.97. The van der Waals surface area contributed by atoms with E-state index in [-0.39, 0.29) is 16.9 Å². The van der Waals surface area contributed by atoms with E-state index in [9.17, 15) is 4.39 Å². The molecule has 8 nitrogen and oxygen atoms in total. The predicted octanol–water partition coefficient (Wildman–Crippen LogP) is 6.89. The van der Waals surface area contributed by atoms with Gasteiger partial charge in [-0.3, -0.25) is 0 Å². The van der Waals surface area contributed by atoms with E-state index in [0.29, 0.717) is 29.9 Å². The van der Waals surface area contributed by atoms with Crippen LogP contribution < -0.4 is 5.32 Å². The van der Waals surface area contributed by atoms with Crippen LogP contribution in [0, 0.1) is 29.5 Å². The summed E-state index contributed by atoms with van der Waals surface area (Å²) in [4.78, 5) is 21.0. The van der Waals surface area contributed by atoms with Gasteiger partial charge in [-0.1, -0.05) is 31.5 Å². The summed E-state index contributed by atoms with van der Waals surface area (Å²) in [7, 11) is 0. The summed E-state index contributed by atoms with van der Waals surface area (Å²) < 4.78 is 33.1. The molecule has 212 valence electrons. The van der Waals surface area contributed by atoms with Crippen molar-refractivity contribution < 1.29 is 28.4 Å². The number of anilines is 2. The fourth-order valence-electron chi connectivity index (χ4n) is 7.24. The van der Waals surface area contributed by atoms with Crippen LogP contribution in [0.3, 0.4) is 0 Å². The van der Waals surface area contributed by atoms with Gasteiger partial charge in [0.1, 0.15) is 18.0 Å². The van der Waals surface area contributed by atoms with Gasteiger partial charge in [0.05, 0.1) is 17.1 Å². The highest BCUT2D eigenvalue weighted by molar-refractivity contribution is 6.31. The Hall–Kier alpha value is -2.40. The number of fused-ring (bicyclic) bond motifs is 3. The second-order valence-electron chi connectivity index (χ2n) is 11.9. The van der Waals surface area contributed by atoms with Crippen LogP contribution in [0.5, 0.6) is 0 Å². The van der Waals surface area contributed by atoms with Crippen LogP contribution in [0.15, 0.2) is 42.7 Å². The maximum absolute atomic E-state index is 13.6. The summed E-state index contributed by atoms with van der Waals surface area (Å²) in [6.45, 7) is 6.75. The third kappa shape index (κ3) is 4.30. The van der Waals surface area contributed by atoms with E-state index >= 15 is 0 Å². The Morgan fingerprint density at radius 3 is 2.80 bits per heavy atom. The Kier molecular flexibility index (Phi) is 6.53. The van der Waals surface area contributed by atoms with Crippen molar-refractivity contribution in [3.05, 3.63) is 59.1 Å². The quantitative estimate of drug-likeness (QED) is 0.333. The number of rotatable bonds is 5. The highest BCUT2D eigenvalue weighted by Gasteiger charge is 2.69. The number of nitrogens with zero attached hydrogens (tertiary/aromatic N) is 2. The van der Waals surface area contributed by atoms with E-state index in [2.05, 4.69) is 29.1 Å². The molecule has 1 aromatic heterocycles. The number of benzene rings is 2. The zero-order valence-electron chi connectivity index (χ0n) is 22.7. The van der Waals surface area contributed by atoms with E-state index in [1.54, 1.807) is 6.07 Å². The first-order valence-corrected chi connectivity index (χ1v) is 14.4. The molecule has 0 radical (unpaired) electrons. The monoisotopic (exact) mass is 569 g/mol. The predicted molar refractivity (Wildman–Crippen MR) is 146 cm³/mol. The highest BCUT2D eigenvalue weighted by Crippen LogP contribution is 2.60. The topological polar surface area (TPSA) is 84.0 Å². The van der Waals surface area contributed by atoms with E-state index in [1.165, 1.54) is 18.5 Å². The van der Waals surface area contributed by atoms with Gasteiger partial charge in [0.15, 0.2) is 18.2 Å². The van der Waals surface area contributed by atoms with Crippen molar-refractivity contribution in [3.63, 3.8) is 0 Å². The van der Waals surface area contributed by atoms with Crippen molar-refractivity contribution in [3.8, 4) is 0 Å². The van der Waals surface area contributed by atoms with E-state index < -0.39 is 29.8 Å². The normalized spacial score (nSPS) is 36.7. The third-order valence-electron chi connectivity index (χ3n) is 9.39. The molecule has 2 aromatic carbocycles. The Bertz CT molecular complexity index is 1450. The molecular formula is C30H33ClFN3O5. The number of ether oxygens (including phenoxy) is 3. The molecule has 0 amide bonds. The fraction of sp³-hybridized carbons (Fsp3) is 0.533. The summed E-state index contributed by atoms with van der Waals surface area (Å²) in [5.41, 5.74) is 1.74. The molecular weight excluding hydrogens is 537 g/mol. The molecule has 1 aliphatic carbocycles. The van der Waals surface area contributed by atoms with Crippen molar-refractivity contribution in [2.24, 2.45) is 23.7 Å². The maximum atomic E-state index is 13.6. The van der Waals surface area contributed by atoms with Crippen molar-refractivity contribution in [2.75, 3.05) is 5.32 Å². The van der Waals surface area contributed by atoms with Crippen molar-refractivity contribution >= 4 is 34.0 Å². The number of hydrogen-bond acceptors (Lipinski definition) is 8. The fourth-order valence-corrected chi connectivity index (χ4v) is 7.43. The van der Waals surface area contributed by atoms with E-state index in [1.807, 2.05) is 25.1 Å². The Balaban J connectivity index is 1.12. The number of aromatic nitrogens is 2. The molecule has 4 saturated heterocycles. The minimum Gasteiger partial charge on any atom is -0.348 e. The molecule has 5 aliphatic rings. The van der Waals surface area contributed by atoms with Crippen LogP contribution in [0.1, 0.15) is 52.0 Å². The average molecular weight is 570 g/mol. The number of nitrogens with one attached hydrogen (secondary N) is 1. The molecule has 40 heavy (non-hydrogen) atoms. The molecule has 5 fully saturated rings. The summed E-state index contributed by atoms with van der Waals surface area (Å²) in [5, 5.41) is 4.08. The van der Waals surface area contributed by atoms with Gasteiger partial charge in [-0.2, -0.15) is 0 Å². The average Bonchev–Trinajstić information content (AvgIpc) is 3.18. The van der Waals surface area contributed by atoms with Gasteiger partial charge in [-0.15, -0.1) is 0 Å². The molecule has 3 aromatic rings. The lowest BCUT2D eigenvalue weighted by molar-refractivity contribution is -0.577. The third-order valence-corrected chi connectivity index (χ3v) is 9.68. The molecule has 2 bridgehead atoms. The molecule has 1 spiro atoms. The molecule has 0 unspecified atom stereocenters. The first-order chi connectivity index (χ1) is 19.3. The number of hydrogen-bond donors (Lipinski definition) is 1. The van der Waals surface area contributed by atoms with E-state index in [0.717, 1.165) is 42.1 Å². The van der Waals surface area contributed by atoms with Crippen molar-refractivity contribution in [1.29, 1.82) is 0 Å². The first kappa shape index (κ1) is 26.5. The van der Waals surface area contributed by atoms with E-state index in [4.69, 9.17) is 35.6 Å². The molecule has 8 atom stereocenters. The Morgan fingerprint density at radius 1 is 1.07 bits per heavy atom. The lowest BCUT2D eigenvalue weighted by Crippen LogP contribution is -2.70. The lowest BCUT2D eigenvalue weighted by Gasteiger charge is -2.60. The largest absolute Gasteiger partial charge is 0.348 e. The Labute approximate surface area is 237 Å². The molecule has 1 N–H and O–H groups in total. The minimum atomic E-state index is -0.820. The molecule has 1 saturated carbocycles. The SMILES string of the molecule is C[C@H]1[C@@H](OCc2ccc3ncnc(Nc4ccc(F)c(Cl)c4)c3c2)O[C@@H]2O[C@@]3(C)CC[C@H]4[C@H](C)CC[C@@H]1[C@@]24OO3. The van der Waals surface area contributed by atoms with Gasteiger partial charge < -0.3 is 19.5 Å². The van der Waals surface area contributed by atoms with Gasteiger partial charge in [0.25, 0.3) is 0 Å². The number of halogens is 2. The first-order valence-electron chi connectivity index (χ1n) is 14.0. The highest BCUT2D eigenvalue weighted by atomic mass is 35.5. The van der Waals surface area contributed by atoms with Crippen LogP contribution in [0.2, 0.25) is 5.02 Å². The molecule has 5 heterocycles. The Morgan fingerprint density at radius 2 is 1.95 bits per heavy atom. The molecule has 8 rings (SSSR count). The van der Waals surface area contributed by atoms with Crippen LogP contribution >= 0.6 is 11.6 Å². The summed E-state index contributed by atoms with van der Waals surface area (Å²) in [6.07, 6.45) is 4.41. The summed E-state index contributed by atoms with van der Waals surface area (Å²) in [5.74, 6) is 0.402. The maximum Gasteiger partial charge on any atom is 0.201 e. The van der Waals surface area contributed by atoms with Crippen LogP contribution in [-0.4, -0.2) is 33.9 Å². The standard InChI is InChI=1S/C30H33ClFN3O5/c1-16-4-7-22-17(2)27(37-28-30(22)21(16)10-11-29(3,38-28)39-40-30)36-14-18-5-9-25-20(12-18)26(34-15-33-25)35-19-6-8-24(32)23(31)13-19/h5-6,8-9,12-13,15-17,21-22,27-28H,4,7,10-11,14H2,1-3H3,(H,33,34,35)/t16-,17-,21+,22+,27+,28-,29-,30-/m1/s1. The van der Waals surface area contributed by atoms with Crippen molar-refractivity contribution in [1.82, 2.24) is 9.97 Å². The zero-order valence-corrected chi connectivity index (χ0v) is 23.5. The van der Waals surface area contributed by atoms with Crippen LogP contribution in [-0.2, 0) is 30.6 Å². The second kappa shape index (κ2) is 9.86. The smallest absolute Gasteiger partial charge is 0.201 e. The van der Waals surface area contributed by atoms with Crippen LogP contribution in [0.25, 0.3) is 10.9 Å². The molecule has 10 heteroatoms. The second-order valence-corrected chi connectivity index (χ2v) is 12.3. The van der Waals surface area contributed by atoms with Crippen molar-refractivity contribution in [2.45, 2.75) is 77.0 Å². The minimum absolute atomic E-state index is 0.0383.